The van der Waals surface area contributed by atoms with Crippen molar-refractivity contribution in [1.29, 1.82) is 0 Å². The summed E-state index contributed by atoms with van der Waals surface area (Å²) in [6.07, 6.45) is 1.83. The Morgan fingerprint density at radius 2 is 0.955 bits per heavy atom. The van der Waals surface area contributed by atoms with Crippen LogP contribution in [0.3, 0.4) is 0 Å². The van der Waals surface area contributed by atoms with Crippen molar-refractivity contribution in [2.75, 3.05) is 14.2 Å². The Morgan fingerprint density at radius 1 is 0.515 bits per heavy atom. The van der Waals surface area contributed by atoms with E-state index >= 15 is 0 Å². The van der Waals surface area contributed by atoms with Crippen molar-refractivity contribution >= 4 is 47.0 Å². The van der Waals surface area contributed by atoms with Gasteiger partial charge in [0.25, 0.3) is 11.8 Å². The molecule has 6 aromatic rings. The fraction of sp³-hybridized carbons (Fsp3) is 0.231. The Labute approximate surface area is 392 Å². The first-order valence-corrected chi connectivity index (χ1v) is 22.0. The largest absolute Gasteiger partial charge is 0.497 e. The van der Waals surface area contributed by atoms with Gasteiger partial charge in [-0.25, -0.2) is 9.59 Å². The van der Waals surface area contributed by atoms with Gasteiger partial charge in [-0.1, -0.05) is 102 Å². The van der Waals surface area contributed by atoms with Crippen molar-refractivity contribution in [2.24, 2.45) is 0 Å². The molecule has 14 heteroatoms. The molecule has 0 spiro atoms. The molecule has 6 aromatic carbocycles. The monoisotopic (exact) mass is 930 g/mol. The summed E-state index contributed by atoms with van der Waals surface area (Å²) in [6, 6.07) is 40.7. The van der Waals surface area contributed by atoms with Gasteiger partial charge in [0.15, 0.2) is 11.5 Å². The van der Waals surface area contributed by atoms with Gasteiger partial charge in [-0.15, -0.1) is 0 Å². The average molecular weight is 932 g/mol. The molecule has 8 rings (SSSR count). The number of hydrogen-bond donors (Lipinski definition) is 2. The minimum atomic E-state index is -1.01. The van der Waals surface area contributed by atoms with Gasteiger partial charge in [-0.05, 0) is 109 Å². The molecule has 0 saturated carbocycles. The number of aliphatic carboxylic acids is 2. The molecule has 2 aliphatic heterocycles. The summed E-state index contributed by atoms with van der Waals surface area (Å²) in [5, 5.41) is 20.5. The van der Waals surface area contributed by atoms with Crippen molar-refractivity contribution in [3.63, 3.8) is 0 Å². The number of carbonyl (C=O) groups is 4. The van der Waals surface area contributed by atoms with Crippen LogP contribution in [0.2, 0.25) is 10.0 Å². The number of halogens is 2. The van der Waals surface area contributed by atoms with Gasteiger partial charge >= 0.3 is 11.9 Å². The predicted octanol–water partition coefficient (Wildman–Crippen LogP) is 10.7. The maximum atomic E-state index is 13.4. The SMILES string of the molecule is COc1cccc(OCc2ccc(C(=O)N3[C@@H](c4ccccc4Cl)CC[C@H]3C(=O)O)cc2)c1.COc1ccccc1OCc1ccc(C(=O)N2[C@@H](c3ccccc3Cl)CC[C@H]2C(=O)O)cc1. The number of ether oxygens (including phenoxy) is 4. The Morgan fingerprint density at radius 3 is 1.41 bits per heavy atom. The molecule has 4 atom stereocenters. The summed E-state index contributed by atoms with van der Waals surface area (Å²) in [4.78, 5) is 53.5. The molecule has 0 aromatic heterocycles. The van der Waals surface area contributed by atoms with E-state index in [1.165, 1.54) is 9.80 Å². The Balaban J connectivity index is 0.000000196. The van der Waals surface area contributed by atoms with Gasteiger partial charge in [0.2, 0.25) is 0 Å². The third-order valence-electron chi connectivity index (χ3n) is 11.6. The fourth-order valence-electron chi connectivity index (χ4n) is 8.32. The molecule has 2 amide bonds. The van der Waals surface area contributed by atoms with Crippen LogP contribution in [0, 0.1) is 0 Å². The van der Waals surface area contributed by atoms with Gasteiger partial charge in [-0.2, -0.15) is 0 Å². The topological polar surface area (TPSA) is 152 Å². The minimum absolute atomic E-state index is 0.304. The van der Waals surface area contributed by atoms with Gasteiger partial charge < -0.3 is 39.0 Å². The molecule has 340 valence electrons. The molecule has 0 aliphatic carbocycles. The average Bonchev–Trinajstić information content (AvgIpc) is 4.00. The van der Waals surface area contributed by atoms with Crippen LogP contribution in [0.4, 0.5) is 0 Å². The molecular weight excluding hydrogens is 883 g/mol. The van der Waals surface area contributed by atoms with Crippen LogP contribution >= 0.6 is 23.2 Å². The lowest BCUT2D eigenvalue weighted by Crippen LogP contribution is -2.41. The van der Waals surface area contributed by atoms with Crippen molar-refractivity contribution in [1.82, 2.24) is 9.80 Å². The van der Waals surface area contributed by atoms with E-state index < -0.39 is 24.0 Å². The second kappa shape index (κ2) is 21.8. The van der Waals surface area contributed by atoms with Crippen molar-refractivity contribution < 1.29 is 48.3 Å². The van der Waals surface area contributed by atoms with Crippen LogP contribution in [-0.2, 0) is 22.8 Å². The summed E-state index contributed by atoms with van der Waals surface area (Å²) in [6.45, 7) is 0.629. The van der Waals surface area contributed by atoms with Crippen molar-refractivity contribution in [3.8, 4) is 23.0 Å². The van der Waals surface area contributed by atoms with Gasteiger partial charge in [0, 0.05) is 27.2 Å². The van der Waals surface area contributed by atoms with Crippen LogP contribution in [0.5, 0.6) is 23.0 Å². The standard InChI is InChI=1S/2C26H24ClNO5/c1-32-19-5-4-6-20(15-19)33-16-17-9-11-18(12-10-17)25(29)28-23(13-14-24(28)26(30)31)21-7-2-3-8-22(21)27;1-32-23-8-4-5-9-24(23)33-16-17-10-12-18(13-11-17)25(29)28-21(14-15-22(28)26(30)31)19-6-2-3-7-20(19)27/h2-12,15,23-24H,13-14,16H2,1H3,(H,30,31);2-13,21-22H,14-16H2,1H3,(H,30,31)/t23-,24+;21-,22+/m11/s1. The lowest BCUT2D eigenvalue weighted by Gasteiger charge is -2.29. The number of amides is 2. The number of carboxylic acid groups (broad SMARTS) is 2. The van der Waals surface area contributed by atoms with Crippen molar-refractivity contribution in [3.05, 3.63) is 189 Å². The summed E-state index contributed by atoms with van der Waals surface area (Å²) in [7, 11) is 3.18. The minimum Gasteiger partial charge on any atom is -0.497 e. The Bertz CT molecular complexity index is 2660. The summed E-state index contributed by atoms with van der Waals surface area (Å²) in [5.41, 5.74) is 4.12. The first-order chi connectivity index (χ1) is 32.0. The molecule has 2 N–H and O–H groups in total. The van der Waals surface area contributed by atoms with Crippen LogP contribution in [0.25, 0.3) is 0 Å². The summed E-state index contributed by atoms with van der Waals surface area (Å²) in [5.74, 6) is -0.0284. The Kier molecular flexibility index (Phi) is 15.5. The normalized spacial score (nSPS) is 17.6. The number of nitrogens with zero attached hydrogens (tertiary/aromatic N) is 2. The van der Waals surface area contributed by atoms with E-state index in [-0.39, 0.29) is 23.9 Å². The number of carbonyl (C=O) groups excluding carboxylic acids is 2. The zero-order valence-electron chi connectivity index (χ0n) is 36.2. The second-order valence-electron chi connectivity index (χ2n) is 15.7. The molecule has 0 radical (unpaired) electrons. The van der Waals surface area contributed by atoms with Crippen LogP contribution < -0.4 is 18.9 Å². The second-order valence-corrected chi connectivity index (χ2v) is 16.5. The number of carboxylic acids is 2. The fourth-order valence-corrected chi connectivity index (χ4v) is 8.84. The van der Waals surface area contributed by atoms with Crippen LogP contribution in [-0.4, -0.2) is 70.1 Å². The lowest BCUT2D eigenvalue weighted by molar-refractivity contribution is -0.142. The highest BCUT2D eigenvalue weighted by atomic mass is 35.5. The first kappa shape index (κ1) is 47.0. The van der Waals surface area contributed by atoms with E-state index in [2.05, 4.69) is 0 Å². The highest BCUT2D eigenvalue weighted by Crippen LogP contribution is 2.42. The molecule has 66 heavy (non-hydrogen) atoms. The molecule has 2 aliphatic rings. The molecule has 12 nitrogen and oxygen atoms in total. The number of rotatable bonds is 14. The third kappa shape index (κ3) is 10.9. The number of para-hydroxylation sites is 2. The van der Waals surface area contributed by atoms with E-state index in [1.807, 2.05) is 91.0 Å². The first-order valence-electron chi connectivity index (χ1n) is 21.3. The lowest BCUT2D eigenvalue weighted by atomic mass is 10.0. The number of benzene rings is 6. The summed E-state index contributed by atoms with van der Waals surface area (Å²) >= 11 is 12.7. The summed E-state index contributed by atoms with van der Waals surface area (Å²) < 4.78 is 22.1. The van der Waals surface area contributed by atoms with Gasteiger partial charge in [0.1, 0.15) is 36.8 Å². The molecule has 0 bridgehead atoms. The Hall–Kier alpha value is -7.02. The highest BCUT2D eigenvalue weighted by molar-refractivity contribution is 6.31. The third-order valence-corrected chi connectivity index (χ3v) is 12.3. The van der Waals surface area contributed by atoms with Crippen molar-refractivity contribution in [2.45, 2.75) is 63.1 Å². The van der Waals surface area contributed by atoms with Crippen LogP contribution in [0.15, 0.2) is 146 Å². The molecule has 2 heterocycles. The zero-order chi connectivity index (χ0) is 46.7. The van der Waals surface area contributed by atoms with E-state index in [0.717, 1.165) is 22.3 Å². The molecular formula is C52H48Cl2N2O10. The highest BCUT2D eigenvalue weighted by Gasteiger charge is 2.44. The molecule has 2 fully saturated rings. The zero-order valence-corrected chi connectivity index (χ0v) is 37.7. The quantitative estimate of drug-likeness (QED) is 0.108. The maximum Gasteiger partial charge on any atom is 0.326 e. The van der Waals surface area contributed by atoms with Crippen LogP contribution in [0.1, 0.15) is 80.7 Å². The van der Waals surface area contributed by atoms with E-state index in [4.69, 9.17) is 42.1 Å². The number of hydrogen-bond acceptors (Lipinski definition) is 8. The molecule has 2 saturated heterocycles. The van der Waals surface area contributed by atoms with E-state index in [9.17, 15) is 29.4 Å². The predicted molar refractivity (Wildman–Crippen MR) is 250 cm³/mol. The van der Waals surface area contributed by atoms with E-state index in [0.29, 0.717) is 83.1 Å². The number of methoxy groups -OCH3 is 2. The van der Waals surface area contributed by atoms with E-state index in [1.54, 1.807) is 68.8 Å². The number of likely N-dealkylation sites (tertiary alicyclic amines) is 2. The van der Waals surface area contributed by atoms with Gasteiger partial charge in [-0.3, -0.25) is 9.59 Å². The molecule has 0 unspecified atom stereocenters. The smallest absolute Gasteiger partial charge is 0.326 e. The maximum absolute atomic E-state index is 13.4. The van der Waals surface area contributed by atoms with Gasteiger partial charge in [0.05, 0.1) is 26.3 Å².